The predicted molar refractivity (Wildman–Crippen MR) is 130 cm³/mol. The van der Waals surface area contributed by atoms with Crippen LogP contribution in [0, 0.1) is 0 Å². The molecule has 0 saturated carbocycles. The molecule has 0 bridgehead atoms. The lowest BCUT2D eigenvalue weighted by molar-refractivity contribution is -0.400. The maximum Gasteiger partial charge on any atom is 0.364 e. The van der Waals surface area contributed by atoms with Gasteiger partial charge in [0.2, 0.25) is 5.91 Å². The minimum Gasteiger partial charge on any atom is -0.477 e. The highest BCUT2D eigenvalue weighted by atomic mass is 16.8. The van der Waals surface area contributed by atoms with Crippen LogP contribution in [0.5, 0.6) is 0 Å². The van der Waals surface area contributed by atoms with Crippen molar-refractivity contribution < 1.29 is 94.6 Å². The summed E-state index contributed by atoms with van der Waals surface area (Å²) in [5.74, 6) is -5.67. The summed E-state index contributed by atoms with van der Waals surface area (Å²) >= 11 is 0. The summed E-state index contributed by atoms with van der Waals surface area (Å²) in [5, 5.41) is 124. The normalized spacial score (nSPS) is 45.3. The fourth-order valence-corrected chi connectivity index (χ4v) is 5.09. The van der Waals surface area contributed by atoms with Crippen molar-refractivity contribution in [3.63, 3.8) is 0 Å². The highest BCUT2D eigenvalue weighted by Crippen LogP contribution is 2.37. The summed E-state index contributed by atoms with van der Waals surface area (Å²) in [7, 11) is 0. The van der Waals surface area contributed by atoms with Gasteiger partial charge in [-0.2, -0.15) is 0 Å². The average Bonchev–Trinajstić information content (AvgIpc) is 2.96. The number of nitrogens with one attached hydrogen (secondary N) is 1. The van der Waals surface area contributed by atoms with Crippen LogP contribution < -0.4 is 5.32 Å². The fourth-order valence-electron chi connectivity index (χ4n) is 5.09. The molecule has 3 heterocycles. The van der Waals surface area contributed by atoms with Crippen LogP contribution in [-0.4, -0.2) is 191 Å². The van der Waals surface area contributed by atoms with Crippen molar-refractivity contribution >= 4 is 11.9 Å². The van der Waals surface area contributed by atoms with Crippen molar-refractivity contribution in [1.82, 2.24) is 5.32 Å². The molecule has 2 unspecified atom stereocenters. The van der Waals surface area contributed by atoms with Crippen molar-refractivity contribution in [1.29, 1.82) is 0 Å². The lowest BCUT2D eigenvalue weighted by Crippen LogP contribution is -2.70. The Balaban J connectivity index is 1.85. The van der Waals surface area contributed by atoms with Gasteiger partial charge in [0, 0.05) is 13.3 Å². The van der Waals surface area contributed by atoms with E-state index in [1.807, 2.05) is 0 Å². The molecule has 0 aliphatic carbocycles. The van der Waals surface area contributed by atoms with E-state index in [1.54, 1.807) is 0 Å². The number of hydrogen-bond donors (Lipinski definition) is 13. The van der Waals surface area contributed by atoms with Crippen LogP contribution in [0.4, 0.5) is 0 Å². The number of carboxylic acid groups (broad SMARTS) is 1. The number of ether oxygens (including phenoxy) is 5. The van der Waals surface area contributed by atoms with E-state index in [4.69, 9.17) is 23.7 Å². The highest BCUT2D eigenvalue weighted by Gasteiger charge is 2.59. The lowest BCUT2D eigenvalue weighted by Gasteiger charge is -2.50. The molecular weight excluding hydrogens is 594 g/mol. The van der Waals surface area contributed by atoms with Crippen molar-refractivity contribution in [2.75, 3.05) is 19.8 Å². The smallest absolute Gasteiger partial charge is 0.364 e. The maximum absolute atomic E-state index is 12.4. The number of aliphatic hydroxyl groups excluding tert-OH is 11. The summed E-state index contributed by atoms with van der Waals surface area (Å²) in [5.41, 5.74) is 0. The van der Waals surface area contributed by atoms with Crippen LogP contribution >= 0.6 is 0 Å². The van der Waals surface area contributed by atoms with Crippen molar-refractivity contribution in [3.05, 3.63) is 0 Å². The largest absolute Gasteiger partial charge is 0.477 e. The molecule has 3 aliphatic rings. The van der Waals surface area contributed by atoms with E-state index < -0.39 is 136 Å². The third-order valence-electron chi connectivity index (χ3n) is 7.45. The van der Waals surface area contributed by atoms with Gasteiger partial charge in [-0.25, -0.2) is 4.79 Å². The number of carbonyl (C=O) groups is 2. The molecule has 13 N–H and O–H groups in total. The molecule has 3 fully saturated rings. The molecule has 0 aromatic carbocycles. The monoisotopic (exact) mass is 633 g/mol. The van der Waals surface area contributed by atoms with Crippen LogP contribution in [0.15, 0.2) is 0 Å². The number of carboxylic acids is 1. The number of carbonyl (C=O) groups excluding carboxylic acids is 1. The van der Waals surface area contributed by atoms with Gasteiger partial charge in [-0.05, 0) is 0 Å². The van der Waals surface area contributed by atoms with Gasteiger partial charge in [0.1, 0.15) is 67.1 Å². The Morgan fingerprint density at radius 2 is 1.47 bits per heavy atom. The Labute approximate surface area is 243 Å². The molecule has 0 radical (unpaired) electrons. The van der Waals surface area contributed by atoms with E-state index in [9.17, 15) is 70.9 Å². The first-order chi connectivity index (χ1) is 20.1. The Morgan fingerprint density at radius 3 is 2.00 bits per heavy atom. The van der Waals surface area contributed by atoms with Crippen LogP contribution in [-0.2, 0) is 33.3 Å². The molecule has 20 heteroatoms. The predicted octanol–water partition coefficient (Wildman–Crippen LogP) is -8.22. The molecule has 3 saturated heterocycles. The van der Waals surface area contributed by atoms with Gasteiger partial charge in [0.25, 0.3) is 5.79 Å². The molecule has 0 aromatic rings. The van der Waals surface area contributed by atoms with Crippen LogP contribution in [0.2, 0.25) is 0 Å². The van der Waals surface area contributed by atoms with Crippen LogP contribution in [0.25, 0.3) is 0 Å². The standard InChI is InChI=1S/C23H39NO19/c1-6(28)24-11-7(29)2-23(22(37)38,42-19(11)12(31)8(30)3-25)43-21-17(36)15(34)18(10(5-27)40-21)41-20-16(35)14(33)13(32)9(4-26)39-20/h7-21,25-27,29-36H,2-5H2,1H3,(H,24,28)(H,37,38)/t7-,8+,9+,10+,11+,12+,13-,14-,15+,16+,17+,18+,19+,20-,21?,23?/m0/s1. The van der Waals surface area contributed by atoms with E-state index in [0.29, 0.717) is 0 Å². The molecule has 43 heavy (non-hydrogen) atoms. The zero-order chi connectivity index (χ0) is 32.4. The molecule has 250 valence electrons. The molecule has 0 spiro atoms. The molecular formula is C23H39NO19. The van der Waals surface area contributed by atoms with Gasteiger partial charge in [0.15, 0.2) is 12.6 Å². The van der Waals surface area contributed by atoms with Crippen molar-refractivity contribution in [3.8, 4) is 0 Å². The molecule has 0 aromatic heterocycles. The van der Waals surface area contributed by atoms with E-state index >= 15 is 0 Å². The van der Waals surface area contributed by atoms with Gasteiger partial charge in [-0.1, -0.05) is 0 Å². The fraction of sp³-hybridized carbons (Fsp3) is 0.913. The van der Waals surface area contributed by atoms with Crippen LogP contribution in [0.1, 0.15) is 13.3 Å². The summed E-state index contributed by atoms with van der Waals surface area (Å²) in [6.07, 6.45) is -27.4. The lowest BCUT2D eigenvalue weighted by atomic mass is 9.88. The Hall–Kier alpha value is -1.70. The Morgan fingerprint density at radius 1 is 0.884 bits per heavy atom. The second kappa shape index (κ2) is 14.6. The average molecular weight is 634 g/mol. The summed E-state index contributed by atoms with van der Waals surface area (Å²) in [6, 6.07) is -1.52. The Kier molecular flexibility index (Phi) is 12.1. The number of hydrogen-bond acceptors (Lipinski definition) is 18. The molecule has 3 rings (SSSR count). The first kappa shape index (κ1) is 35.8. The van der Waals surface area contributed by atoms with Gasteiger partial charge < -0.3 is 90.3 Å². The second-order valence-electron chi connectivity index (χ2n) is 10.5. The number of aliphatic carboxylic acids is 1. The first-order valence-corrected chi connectivity index (χ1v) is 13.2. The van der Waals surface area contributed by atoms with Crippen molar-refractivity contribution in [2.45, 2.75) is 111 Å². The topological polar surface area (TPSA) is 335 Å². The minimum atomic E-state index is -2.98. The van der Waals surface area contributed by atoms with E-state index in [2.05, 4.69) is 5.32 Å². The second-order valence-corrected chi connectivity index (χ2v) is 10.5. The SMILES string of the molecule is CC(=O)N[C@H]1[C@H]([C@H](O)[C@H](O)CO)OC(OC2O[C@H](CO)[C@@H](O[C@@H]3O[C@H](CO)[C@H](O)[C@H](O)[C@H]3O)[C@H](O)[C@H]2O)(C(=O)O)C[C@@H]1O. The minimum absolute atomic E-state index is 0.738. The first-order valence-electron chi connectivity index (χ1n) is 13.2. The Bertz CT molecular complexity index is 940. The number of aliphatic hydroxyl groups is 11. The maximum atomic E-state index is 12.4. The van der Waals surface area contributed by atoms with Gasteiger partial charge in [0.05, 0.1) is 32.0 Å². The third kappa shape index (κ3) is 7.41. The molecule has 1 amide bonds. The summed E-state index contributed by atoms with van der Waals surface area (Å²) in [4.78, 5) is 24.1. The van der Waals surface area contributed by atoms with Gasteiger partial charge in [-0.15, -0.1) is 0 Å². The van der Waals surface area contributed by atoms with Crippen molar-refractivity contribution in [2.24, 2.45) is 0 Å². The zero-order valence-corrected chi connectivity index (χ0v) is 22.7. The third-order valence-corrected chi connectivity index (χ3v) is 7.45. The van der Waals surface area contributed by atoms with E-state index in [0.717, 1.165) is 6.92 Å². The van der Waals surface area contributed by atoms with Gasteiger partial charge >= 0.3 is 5.97 Å². The van der Waals surface area contributed by atoms with E-state index in [-0.39, 0.29) is 0 Å². The number of amides is 1. The summed E-state index contributed by atoms with van der Waals surface area (Å²) in [6.45, 7) is -1.79. The van der Waals surface area contributed by atoms with E-state index in [1.165, 1.54) is 0 Å². The summed E-state index contributed by atoms with van der Waals surface area (Å²) < 4.78 is 26.9. The molecule has 20 nitrogen and oxygen atoms in total. The highest BCUT2D eigenvalue weighted by molar-refractivity contribution is 5.76. The molecule has 16 atom stereocenters. The van der Waals surface area contributed by atoms with Gasteiger partial charge in [-0.3, -0.25) is 4.79 Å². The quantitative estimate of drug-likeness (QED) is 0.100. The number of rotatable bonds is 11. The zero-order valence-electron chi connectivity index (χ0n) is 22.7. The molecule has 3 aliphatic heterocycles. The van der Waals surface area contributed by atoms with Crippen LogP contribution in [0.3, 0.4) is 0 Å².